The van der Waals surface area contributed by atoms with Gasteiger partial charge in [0.2, 0.25) is 0 Å². The van der Waals surface area contributed by atoms with Gasteiger partial charge in [-0.25, -0.2) is 9.37 Å². The molecule has 1 heterocycles. The third-order valence-electron chi connectivity index (χ3n) is 2.62. The molecule has 0 radical (unpaired) electrons. The van der Waals surface area contributed by atoms with Crippen molar-refractivity contribution in [3.63, 3.8) is 0 Å². The van der Waals surface area contributed by atoms with E-state index in [1.165, 1.54) is 12.1 Å². The summed E-state index contributed by atoms with van der Waals surface area (Å²) in [5.41, 5.74) is 6.23. The Hall–Kier alpha value is -1.88. The van der Waals surface area contributed by atoms with Crippen molar-refractivity contribution in [2.45, 2.75) is 19.5 Å². The molecule has 0 aliphatic carbocycles. The molecular weight excluding hydrogens is 233 g/mol. The second-order valence-electron chi connectivity index (χ2n) is 3.96. The van der Waals surface area contributed by atoms with E-state index in [1.54, 1.807) is 18.6 Å². The number of nitrogens with two attached hydrogens (primary N) is 1. The maximum absolute atomic E-state index is 13.0. The van der Waals surface area contributed by atoms with Crippen LogP contribution in [-0.2, 0) is 13.1 Å². The van der Waals surface area contributed by atoms with Crippen LogP contribution >= 0.6 is 0 Å². The zero-order chi connectivity index (χ0) is 12.8. The summed E-state index contributed by atoms with van der Waals surface area (Å²) in [5.74, 6) is 0.366. The average molecular weight is 249 g/mol. The van der Waals surface area contributed by atoms with Crippen molar-refractivity contribution >= 4 is 0 Å². The van der Waals surface area contributed by atoms with Gasteiger partial charge in [0.05, 0.1) is 12.9 Å². The first-order valence-electron chi connectivity index (χ1n) is 5.86. The molecule has 0 amide bonds. The number of aryl methyl sites for hydroxylation is 1. The molecule has 96 valence electrons. The van der Waals surface area contributed by atoms with Crippen LogP contribution in [0.15, 0.2) is 36.9 Å². The third kappa shape index (κ3) is 3.30. The second kappa shape index (κ2) is 6.16. The molecule has 2 aromatic rings. The average Bonchev–Trinajstić information content (AvgIpc) is 2.89. The van der Waals surface area contributed by atoms with Crippen LogP contribution < -0.4 is 10.5 Å². The van der Waals surface area contributed by atoms with Gasteiger partial charge in [0.1, 0.15) is 11.6 Å². The number of halogens is 1. The molecule has 0 unspecified atom stereocenters. The maximum Gasteiger partial charge on any atom is 0.123 e. The van der Waals surface area contributed by atoms with Crippen molar-refractivity contribution in [1.29, 1.82) is 0 Å². The number of benzene rings is 1. The zero-order valence-corrected chi connectivity index (χ0v) is 10.1. The van der Waals surface area contributed by atoms with Crippen molar-refractivity contribution in [2.75, 3.05) is 6.61 Å². The van der Waals surface area contributed by atoms with Crippen LogP contribution in [0.5, 0.6) is 5.75 Å². The van der Waals surface area contributed by atoms with Gasteiger partial charge in [0.25, 0.3) is 0 Å². The van der Waals surface area contributed by atoms with E-state index in [0.29, 0.717) is 17.9 Å². The molecule has 2 N–H and O–H groups in total. The molecule has 1 aromatic carbocycles. The topological polar surface area (TPSA) is 53.1 Å². The van der Waals surface area contributed by atoms with Gasteiger partial charge in [-0.3, -0.25) is 0 Å². The minimum Gasteiger partial charge on any atom is -0.493 e. The lowest BCUT2D eigenvalue weighted by atomic mass is 10.2. The Morgan fingerprint density at radius 3 is 3.00 bits per heavy atom. The Morgan fingerprint density at radius 1 is 1.39 bits per heavy atom. The highest BCUT2D eigenvalue weighted by atomic mass is 19.1. The Kier molecular flexibility index (Phi) is 4.30. The first-order chi connectivity index (χ1) is 8.79. The van der Waals surface area contributed by atoms with Crippen LogP contribution in [0.3, 0.4) is 0 Å². The van der Waals surface area contributed by atoms with E-state index >= 15 is 0 Å². The van der Waals surface area contributed by atoms with Crippen LogP contribution in [0.4, 0.5) is 4.39 Å². The molecule has 1 aromatic heterocycles. The predicted molar refractivity (Wildman–Crippen MR) is 66.6 cm³/mol. The van der Waals surface area contributed by atoms with Gasteiger partial charge in [-0.15, -0.1) is 0 Å². The lowest BCUT2D eigenvalue weighted by Gasteiger charge is -2.10. The largest absolute Gasteiger partial charge is 0.493 e. The van der Waals surface area contributed by atoms with Gasteiger partial charge < -0.3 is 15.0 Å². The first kappa shape index (κ1) is 12.6. The Bertz CT molecular complexity index is 485. The second-order valence-corrected chi connectivity index (χ2v) is 3.96. The fourth-order valence-electron chi connectivity index (χ4n) is 1.70. The molecule has 0 atom stereocenters. The lowest BCUT2D eigenvalue weighted by molar-refractivity contribution is 0.298. The van der Waals surface area contributed by atoms with Crippen LogP contribution in [0.25, 0.3) is 0 Å². The smallest absolute Gasteiger partial charge is 0.123 e. The van der Waals surface area contributed by atoms with Gasteiger partial charge in [0, 0.05) is 31.0 Å². The van der Waals surface area contributed by atoms with Gasteiger partial charge in [-0.1, -0.05) is 0 Å². The van der Waals surface area contributed by atoms with Gasteiger partial charge in [-0.2, -0.15) is 0 Å². The maximum atomic E-state index is 13.0. The van der Waals surface area contributed by atoms with Crippen molar-refractivity contribution < 1.29 is 9.13 Å². The van der Waals surface area contributed by atoms with E-state index in [-0.39, 0.29) is 12.4 Å². The highest BCUT2D eigenvalue weighted by molar-refractivity contribution is 5.33. The van der Waals surface area contributed by atoms with Gasteiger partial charge in [0.15, 0.2) is 0 Å². The number of aromatic nitrogens is 2. The van der Waals surface area contributed by atoms with E-state index in [9.17, 15) is 4.39 Å². The monoisotopic (exact) mass is 249 g/mol. The predicted octanol–water partition coefficient (Wildman–Crippen LogP) is 1.95. The number of hydrogen-bond acceptors (Lipinski definition) is 3. The van der Waals surface area contributed by atoms with Crippen molar-refractivity contribution in [1.82, 2.24) is 9.55 Å². The van der Waals surface area contributed by atoms with Crippen LogP contribution in [0.1, 0.15) is 12.0 Å². The number of ether oxygens (including phenoxy) is 1. The normalized spacial score (nSPS) is 10.6. The minimum absolute atomic E-state index is 0.272. The summed E-state index contributed by atoms with van der Waals surface area (Å²) < 4.78 is 20.6. The molecule has 0 bridgehead atoms. The summed E-state index contributed by atoms with van der Waals surface area (Å²) in [6.45, 7) is 1.69. The number of imidazole rings is 1. The van der Waals surface area contributed by atoms with E-state index in [4.69, 9.17) is 10.5 Å². The van der Waals surface area contributed by atoms with E-state index in [0.717, 1.165) is 13.0 Å². The number of hydrogen-bond donors (Lipinski definition) is 1. The molecule has 0 aliphatic heterocycles. The fourth-order valence-corrected chi connectivity index (χ4v) is 1.70. The lowest BCUT2D eigenvalue weighted by Crippen LogP contribution is -2.06. The summed E-state index contributed by atoms with van der Waals surface area (Å²) in [4.78, 5) is 3.96. The van der Waals surface area contributed by atoms with Crippen molar-refractivity contribution in [2.24, 2.45) is 5.73 Å². The molecule has 5 heteroatoms. The summed E-state index contributed by atoms with van der Waals surface area (Å²) in [6.07, 6.45) is 6.28. The highest BCUT2D eigenvalue weighted by Crippen LogP contribution is 2.19. The third-order valence-corrected chi connectivity index (χ3v) is 2.62. The summed E-state index contributed by atoms with van der Waals surface area (Å²) in [7, 11) is 0. The van der Waals surface area contributed by atoms with Crippen molar-refractivity contribution in [3.8, 4) is 5.75 Å². The molecule has 0 spiro atoms. The Morgan fingerprint density at radius 2 is 2.28 bits per heavy atom. The zero-order valence-electron chi connectivity index (χ0n) is 10.1. The number of nitrogens with zero attached hydrogens (tertiary/aromatic N) is 2. The summed E-state index contributed by atoms with van der Waals surface area (Å²) in [5, 5.41) is 0. The summed E-state index contributed by atoms with van der Waals surface area (Å²) >= 11 is 0. The minimum atomic E-state index is -0.291. The van der Waals surface area contributed by atoms with Gasteiger partial charge in [-0.05, 0) is 24.6 Å². The first-order valence-corrected chi connectivity index (χ1v) is 5.86. The standard InChI is InChI=1S/C13H16FN3O/c14-12-2-3-13(11(8-12)9-15)18-7-1-5-17-6-4-16-10-17/h2-4,6,8,10H,1,5,7,9,15H2. The van der Waals surface area contributed by atoms with E-state index in [1.807, 2.05) is 10.8 Å². The molecule has 4 nitrogen and oxygen atoms in total. The van der Waals surface area contributed by atoms with Crippen LogP contribution in [0.2, 0.25) is 0 Å². The molecule has 0 aliphatic rings. The molecule has 0 saturated heterocycles. The highest BCUT2D eigenvalue weighted by Gasteiger charge is 2.03. The quantitative estimate of drug-likeness (QED) is 0.796. The Balaban J connectivity index is 1.83. The molecule has 0 saturated carbocycles. The van der Waals surface area contributed by atoms with Gasteiger partial charge >= 0.3 is 0 Å². The molecular formula is C13H16FN3O. The molecule has 0 fully saturated rings. The Labute approximate surface area is 105 Å². The van der Waals surface area contributed by atoms with Crippen LogP contribution in [0, 0.1) is 5.82 Å². The summed E-state index contributed by atoms with van der Waals surface area (Å²) in [6, 6.07) is 4.41. The van der Waals surface area contributed by atoms with Crippen molar-refractivity contribution in [3.05, 3.63) is 48.3 Å². The number of rotatable bonds is 6. The fraction of sp³-hybridized carbons (Fsp3) is 0.308. The molecule has 18 heavy (non-hydrogen) atoms. The van der Waals surface area contributed by atoms with E-state index < -0.39 is 0 Å². The van der Waals surface area contributed by atoms with E-state index in [2.05, 4.69) is 4.98 Å². The SMILES string of the molecule is NCc1cc(F)ccc1OCCCn1ccnc1. The van der Waals surface area contributed by atoms with Crippen LogP contribution in [-0.4, -0.2) is 16.2 Å². The molecule has 2 rings (SSSR count).